The van der Waals surface area contributed by atoms with Crippen LogP contribution in [0.1, 0.15) is 24.0 Å². The summed E-state index contributed by atoms with van der Waals surface area (Å²) < 4.78 is 5.44. The molecule has 0 radical (unpaired) electrons. The Morgan fingerprint density at radius 2 is 2.10 bits per heavy atom. The number of benzene rings is 1. The fourth-order valence-corrected chi connectivity index (χ4v) is 2.61. The second-order valence-corrected chi connectivity index (χ2v) is 5.30. The molecule has 1 aromatic carbocycles. The minimum Gasteiger partial charge on any atom is -0.380 e. The third-order valence-electron chi connectivity index (χ3n) is 3.75. The summed E-state index contributed by atoms with van der Waals surface area (Å²) in [5.41, 5.74) is 4.38. The largest absolute Gasteiger partial charge is 0.380 e. The lowest BCUT2D eigenvalue weighted by Crippen LogP contribution is -2.38. The molecule has 2 rings (SSSR count). The van der Waals surface area contributed by atoms with Crippen molar-refractivity contribution in [2.75, 3.05) is 20.2 Å². The lowest BCUT2D eigenvalue weighted by atomic mass is 10.1. The van der Waals surface area contributed by atoms with Crippen LogP contribution in [0.5, 0.6) is 0 Å². The summed E-state index contributed by atoms with van der Waals surface area (Å²) >= 11 is 0. The highest BCUT2D eigenvalue weighted by molar-refractivity contribution is 5.77. The number of carbonyl (C=O) groups excluding carboxylic acids is 1. The molecule has 1 amide bonds. The molecular weight excluding hydrogens is 254 g/mol. The number of likely N-dealkylation sites (tertiary alicyclic amines) is 1. The van der Waals surface area contributed by atoms with E-state index in [2.05, 4.69) is 22.5 Å². The summed E-state index contributed by atoms with van der Waals surface area (Å²) in [5, 5.41) is 0. The number of carbonyl (C=O) groups is 1. The molecule has 0 saturated carbocycles. The molecule has 0 aromatic heterocycles. The quantitative estimate of drug-likeness (QED) is 0.475. The number of nitrogens with two attached hydrogens (primary N) is 1. The number of hydrogen-bond donors (Lipinski definition) is 2. The van der Waals surface area contributed by atoms with E-state index in [0.717, 1.165) is 31.6 Å². The van der Waals surface area contributed by atoms with Gasteiger partial charge < -0.3 is 4.74 Å². The lowest BCUT2D eigenvalue weighted by Gasteiger charge is -2.31. The lowest BCUT2D eigenvalue weighted by molar-refractivity contribution is -0.120. The van der Waals surface area contributed by atoms with E-state index in [1.165, 1.54) is 12.0 Å². The van der Waals surface area contributed by atoms with Crippen LogP contribution in [0.4, 0.5) is 0 Å². The van der Waals surface area contributed by atoms with Crippen molar-refractivity contribution in [1.29, 1.82) is 0 Å². The third kappa shape index (κ3) is 4.30. The van der Waals surface area contributed by atoms with Crippen LogP contribution in [0.2, 0.25) is 0 Å². The molecule has 20 heavy (non-hydrogen) atoms. The highest BCUT2D eigenvalue weighted by atomic mass is 16.5. The molecule has 0 aliphatic carbocycles. The molecule has 110 valence electrons. The molecule has 1 saturated heterocycles. The zero-order chi connectivity index (χ0) is 14.4. The predicted octanol–water partition coefficient (Wildman–Crippen LogP) is 0.830. The summed E-state index contributed by atoms with van der Waals surface area (Å²) in [7, 11) is 1.78. The Labute approximate surface area is 120 Å². The van der Waals surface area contributed by atoms with Crippen molar-refractivity contribution in [3.8, 4) is 0 Å². The van der Waals surface area contributed by atoms with Crippen molar-refractivity contribution >= 4 is 5.91 Å². The van der Waals surface area contributed by atoms with Crippen LogP contribution in [0.25, 0.3) is 0 Å². The van der Waals surface area contributed by atoms with Gasteiger partial charge in [-0.2, -0.15) is 0 Å². The molecule has 0 spiro atoms. The van der Waals surface area contributed by atoms with Crippen LogP contribution >= 0.6 is 0 Å². The minimum atomic E-state index is -0.170. The minimum absolute atomic E-state index is 0.170. The summed E-state index contributed by atoms with van der Waals surface area (Å²) in [5.74, 6) is 4.91. The molecule has 1 unspecified atom stereocenters. The number of nitrogens with one attached hydrogen (secondary N) is 1. The van der Waals surface area contributed by atoms with Crippen LogP contribution < -0.4 is 11.3 Å². The van der Waals surface area contributed by atoms with Gasteiger partial charge in [0.15, 0.2) is 0 Å². The fourth-order valence-electron chi connectivity index (χ4n) is 2.61. The molecule has 1 fully saturated rings. The summed E-state index contributed by atoms with van der Waals surface area (Å²) in [6, 6.07) is 8.13. The second-order valence-electron chi connectivity index (χ2n) is 5.30. The van der Waals surface area contributed by atoms with E-state index in [9.17, 15) is 4.79 Å². The number of nitrogens with zero attached hydrogens (tertiary/aromatic N) is 1. The van der Waals surface area contributed by atoms with Crippen LogP contribution in [0, 0.1) is 0 Å². The van der Waals surface area contributed by atoms with Gasteiger partial charge >= 0.3 is 0 Å². The van der Waals surface area contributed by atoms with E-state index >= 15 is 0 Å². The van der Waals surface area contributed by atoms with E-state index in [1.54, 1.807) is 7.11 Å². The number of amides is 1. The van der Waals surface area contributed by atoms with Crippen LogP contribution in [0.15, 0.2) is 24.3 Å². The summed E-state index contributed by atoms with van der Waals surface area (Å²) in [4.78, 5) is 13.6. The number of methoxy groups -OCH3 is 1. The standard InChI is InChI=1S/C15H23N3O2/c1-20-14-3-2-8-18(11-14)10-13-6-4-12(5-7-13)9-15(19)17-16/h4-7,14H,2-3,8-11,16H2,1H3,(H,17,19). The van der Waals surface area contributed by atoms with E-state index in [-0.39, 0.29) is 5.91 Å². The number of rotatable bonds is 5. The van der Waals surface area contributed by atoms with E-state index in [4.69, 9.17) is 10.6 Å². The Morgan fingerprint density at radius 3 is 2.75 bits per heavy atom. The van der Waals surface area contributed by atoms with Crippen LogP contribution in [0.3, 0.4) is 0 Å². The average Bonchev–Trinajstić information content (AvgIpc) is 2.49. The maximum Gasteiger partial charge on any atom is 0.238 e. The molecule has 1 heterocycles. The molecule has 1 aliphatic rings. The maximum atomic E-state index is 11.2. The van der Waals surface area contributed by atoms with Crippen LogP contribution in [-0.4, -0.2) is 37.1 Å². The fraction of sp³-hybridized carbons (Fsp3) is 0.533. The van der Waals surface area contributed by atoms with Gasteiger partial charge in [-0.15, -0.1) is 0 Å². The number of ether oxygens (including phenoxy) is 1. The van der Waals surface area contributed by atoms with Crippen molar-refractivity contribution in [3.63, 3.8) is 0 Å². The molecule has 3 N–H and O–H groups in total. The van der Waals surface area contributed by atoms with Gasteiger partial charge in [-0.3, -0.25) is 15.1 Å². The Morgan fingerprint density at radius 1 is 1.40 bits per heavy atom. The van der Waals surface area contributed by atoms with E-state index in [0.29, 0.717) is 12.5 Å². The first-order valence-electron chi connectivity index (χ1n) is 7.03. The Balaban J connectivity index is 1.88. The third-order valence-corrected chi connectivity index (χ3v) is 3.75. The molecule has 5 heteroatoms. The highest BCUT2D eigenvalue weighted by Crippen LogP contribution is 2.16. The van der Waals surface area contributed by atoms with Gasteiger partial charge in [0.2, 0.25) is 5.91 Å². The van der Waals surface area contributed by atoms with Crippen molar-refractivity contribution in [1.82, 2.24) is 10.3 Å². The van der Waals surface area contributed by atoms with Gasteiger partial charge in [0.25, 0.3) is 0 Å². The topological polar surface area (TPSA) is 67.6 Å². The Hall–Kier alpha value is -1.43. The number of hydrazine groups is 1. The number of piperidine rings is 1. The molecule has 1 aromatic rings. The predicted molar refractivity (Wildman–Crippen MR) is 77.8 cm³/mol. The first-order valence-corrected chi connectivity index (χ1v) is 7.03. The number of hydrogen-bond acceptors (Lipinski definition) is 4. The normalized spacial score (nSPS) is 19.8. The first kappa shape index (κ1) is 15.0. The van der Waals surface area contributed by atoms with E-state index < -0.39 is 0 Å². The van der Waals surface area contributed by atoms with Gasteiger partial charge in [-0.1, -0.05) is 24.3 Å². The molecular formula is C15H23N3O2. The molecule has 1 aliphatic heterocycles. The van der Waals surface area contributed by atoms with Gasteiger partial charge in [-0.25, -0.2) is 5.84 Å². The molecule has 1 atom stereocenters. The Kier molecular flexibility index (Phi) is 5.52. The maximum absolute atomic E-state index is 11.2. The zero-order valence-electron chi connectivity index (χ0n) is 12.0. The van der Waals surface area contributed by atoms with Gasteiger partial charge in [0.1, 0.15) is 0 Å². The van der Waals surface area contributed by atoms with Gasteiger partial charge in [0.05, 0.1) is 12.5 Å². The average molecular weight is 277 g/mol. The van der Waals surface area contributed by atoms with Crippen molar-refractivity contribution < 1.29 is 9.53 Å². The summed E-state index contributed by atoms with van der Waals surface area (Å²) in [6.45, 7) is 3.05. The molecule has 0 bridgehead atoms. The van der Waals surface area contributed by atoms with Gasteiger partial charge in [0, 0.05) is 20.2 Å². The summed E-state index contributed by atoms with van der Waals surface area (Å²) in [6.07, 6.45) is 3.02. The molecule has 5 nitrogen and oxygen atoms in total. The Bertz CT molecular complexity index is 433. The SMILES string of the molecule is COC1CCCN(Cc2ccc(CC(=O)NN)cc2)C1. The van der Waals surface area contributed by atoms with Gasteiger partial charge in [-0.05, 0) is 30.5 Å². The van der Waals surface area contributed by atoms with E-state index in [1.807, 2.05) is 12.1 Å². The van der Waals surface area contributed by atoms with Crippen LogP contribution in [-0.2, 0) is 22.5 Å². The zero-order valence-corrected chi connectivity index (χ0v) is 12.0. The first-order chi connectivity index (χ1) is 9.71. The van der Waals surface area contributed by atoms with Crippen molar-refractivity contribution in [2.45, 2.75) is 31.9 Å². The van der Waals surface area contributed by atoms with Crippen molar-refractivity contribution in [2.24, 2.45) is 5.84 Å². The smallest absolute Gasteiger partial charge is 0.238 e. The van der Waals surface area contributed by atoms with Crippen molar-refractivity contribution in [3.05, 3.63) is 35.4 Å². The highest BCUT2D eigenvalue weighted by Gasteiger charge is 2.19. The monoisotopic (exact) mass is 277 g/mol. The second kappa shape index (κ2) is 7.38.